The number of benzene rings is 2. The highest BCUT2D eigenvalue weighted by Crippen LogP contribution is 2.34. The normalized spacial score (nSPS) is 13.5. The van der Waals surface area contributed by atoms with Gasteiger partial charge in [-0.3, -0.25) is 4.79 Å². The summed E-state index contributed by atoms with van der Waals surface area (Å²) in [6, 6.07) is 9.50. The van der Waals surface area contributed by atoms with Crippen LogP contribution in [0.25, 0.3) is 0 Å². The highest BCUT2D eigenvalue weighted by atomic mass is 35.5. The Labute approximate surface area is 128 Å². The van der Waals surface area contributed by atoms with E-state index >= 15 is 0 Å². The second kappa shape index (κ2) is 5.30. The summed E-state index contributed by atoms with van der Waals surface area (Å²) in [6.45, 7) is 1.96. The maximum absolute atomic E-state index is 11.4. The van der Waals surface area contributed by atoms with E-state index in [0.29, 0.717) is 17.1 Å². The zero-order valence-electron chi connectivity index (χ0n) is 11.7. The standard InChI is InChI=1S/C16H16ClN3O/c1-9-11(17)3-2-4-13(9)19-15-7-10-5-6-16(21)20-14(10)8-12(15)18/h2-4,7-8,19H,5-6,18H2,1H3,(H,20,21). The van der Waals surface area contributed by atoms with Crippen molar-refractivity contribution in [1.29, 1.82) is 0 Å². The van der Waals surface area contributed by atoms with Gasteiger partial charge in [-0.15, -0.1) is 0 Å². The molecule has 0 unspecified atom stereocenters. The molecule has 1 aliphatic rings. The molecule has 0 fully saturated rings. The topological polar surface area (TPSA) is 67.2 Å². The van der Waals surface area contributed by atoms with Crippen molar-refractivity contribution in [3.63, 3.8) is 0 Å². The molecular formula is C16H16ClN3O. The van der Waals surface area contributed by atoms with Crippen LogP contribution in [0.15, 0.2) is 30.3 Å². The Hall–Kier alpha value is -2.20. The van der Waals surface area contributed by atoms with Gasteiger partial charge in [-0.05, 0) is 48.7 Å². The summed E-state index contributed by atoms with van der Waals surface area (Å²) in [5.74, 6) is 0.0355. The fraction of sp³-hybridized carbons (Fsp3) is 0.188. The molecule has 5 heteroatoms. The van der Waals surface area contributed by atoms with Crippen molar-refractivity contribution >= 4 is 40.3 Å². The molecule has 0 radical (unpaired) electrons. The van der Waals surface area contributed by atoms with Gasteiger partial charge >= 0.3 is 0 Å². The number of aryl methyl sites for hydroxylation is 1. The number of amides is 1. The van der Waals surface area contributed by atoms with E-state index in [1.54, 1.807) is 6.07 Å². The highest BCUT2D eigenvalue weighted by molar-refractivity contribution is 6.31. The van der Waals surface area contributed by atoms with Crippen LogP contribution in [-0.2, 0) is 11.2 Å². The molecule has 108 valence electrons. The van der Waals surface area contributed by atoms with Gasteiger partial charge in [0.05, 0.1) is 11.4 Å². The Morgan fingerprint density at radius 2 is 2.05 bits per heavy atom. The maximum Gasteiger partial charge on any atom is 0.224 e. The first-order valence-corrected chi connectivity index (χ1v) is 7.17. The van der Waals surface area contributed by atoms with E-state index in [4.69, 9.17) is 17.3 Å². The predicted molar refractivity (Wildman–Crippen MR) is 87.3 cm³/mol. The van der Waals surface area contributed by atoms with Crippen LogP contribution in [0.4, 0.5) is 22.7 Å². The number of carbonyl (C=O) groups is 1. The van der Waals surface area contributed by atoms with Crippen LogP contribution in [0, 0.1) is 6.92 Å². The van der Waals surface area contributed by atoms with Crippen LogP contribution < -0.4 is 16.4 Å². The third-order valence-corrected chi connectivity index (χ3v) is 4.12. The van der Waals surface area contributed by atoms with Crippen molar-refractivity contribution in [1.82, 2.24) is 0 Å². The van der Waals surface area contributed by atoms with Crippen LogP contribution in [0.5, 0.6) is 0 Å². The maximum atomic E-state index is 11.4. The molecule has 2 aromatic rings. The molecule has 0 aromatic heterocycles. The number of anilines is 4. The molecule has 1 heterocycles. The molecule has 0 bridgehead atoms. The van der Waals surface area contributed by atoms with Gasteiger partial charge in [-0.2, -0.15) is 0 Å². The molecule has 0 spiro atoms. The average molecular weight is 302 g/mol. The average Bonchev–Trinajstić information content (AvgIpc) is 2.45. The van der Waals surface area contributed by atoms with Crippen LogP contribution in [0.1, 0.15) is 17.5 Å². The Morgan fingerprint density at radius 1 is 1.24 bits per heavy atom. The van der Waals surface area contributed by atoms with Crippen molar-refractivity contribution in [2.24, 2.45) is 0 Å². The van der Waals surface area contributed by atoms with Gasteiger partial charge in [-0.1, -0.05) is 17.7 Å². The Balaban J connectivity index is 1.96. The van der Waals surface area contributed by atoms with Gasteiger partial charge in [0.1, 0.15) is 0 Å². The molecule has 1 amide bonds. The van der Waals surface area contributed by atoms with Gasteiger partial charge < -0.3 is 16.4 Å². The first kappa shape index (κ1) is 13.8. The number of fused-ring (bicyclic) bond motifs is 1. The monoisotopic (exact) mass is 301 g/mol. The summed E-state index contributed by atoms with van der Waals surface area (Å²) >= 11 is 6.13. The molecule has 0 saturated heterocycles. The van der Waals surface area contributed by atoms with E-state index in [2.05, 4.69) is 10.6 Å². The molecule has 21 heavy (non-hydrogen) atoms. The number of carbonyl (C=O) groups excluding carboxylic acids is 1. The Morgan fingerprint density at radius 3 is 2.86 bits per heavy atom. The molecule has 4 nitrogen and oxygen atoms in total. The molecule has 2 aromatic carbocycles. The largest absolute Gasteiger partial charge is 0.397 e. The molecule has 4 N–H and O–H groups in total. The lowest BCUT2D eigenvalue weighted by molar-refractivity contribution is -0.116. The summed E-state index contributed by atoms with van der Waals surface area (Å²) in [5, 5.41) is 6.88. The minimum absolute atomic E-state index is 0.0355. The number of hydrogen-bond donors (Lipinski definition) is 3. The van der Waals surface area contributed by atoms with Crippen molar-refractivity contribution in [3.05, 3.63) is 46.5 Å². The fourth-order valence-corrected chi connectivity index (χ4v) is 2.62. The first-order valence-electron chi connectivity index (χ1n) is 6.79. The van der Waals surface area contributed by atoms with Gasteiger partial charge in [0.25, 0.3) is 0 Å². The van der Waals surface area contributed by atoms with E-state index in [9.17, 15) is 4.79 Å². The Bertz CT molecular complexity index is 728. The lowest BCUT2D eigenvalue weighted by Gasteiger charge is -2.20. The minimum atomic E-state index is 0.0355. The number of hydrogen-bond acceptors (Lipinski definition) is 3. The molecule has 0 aliphatic carbocycles. The summed E-state index contributed by atoms with van der Waals surface area (Å²) in [6.07, 6.45) is 1.23. The van der Waals surface area contributed by atoms with E-state index in [-0.39, 0.29) is 5.91 Å². The zero-order chi connectivity index (χ0) is 15.0. The summed E-state index contributed by atoms with van der Waals surface area (Å²) in [4.78, 5) is 11.4. The molecule has 0 saturated carbocycles. The molecular weight excluding hydrogens is 286 g/mol. The van der Waals surface area contributed by atoms with Gasteiger partial charge in [0.15, 0.2) is 0 Å². The van der Waals surface area contributed by atoms with Gasteiger partial charge in [-0.25, -0.2) is 0 Å². The number of nitrogens with two attached hydrogens (primary N) is 1. The van der Waals surface area contributed by atoms with Crippen LogP contribution in [0.2, 0.25) is 5.02 Å². The van der Waals surface area contributed by atoms with E-state index in [0.717, 1.165) is 34.6 Å². The Kier molecular flexibility index (Phi) is 3.47. The second-order valence-corrected chi connectivity index (χ2v) is 5.59. The third kappa shape index (κ3) is 2.67. The summed E-state index contributed by atoms with van der Waals surface area (Å²) in [5.41, 5.74) is 11.3. The minimum Gasteiger partial charge on any atom is -0.397 e. The SMILES string of the molecule is Cc1c(Cl)cccc1Nc1cc2c(cc1N)NC(=O)CC2. The molecule has 1 aliphatic heterocycles. The molecule has 3 rings (SSSR count). The van der Waals surface area contributed by atoms with Crippen LogP contribution in [-0.4, -0.2) is 5.91 Å². The van der Waals surface area contributed by atoms with Crippen molar-refractivity contribution in [2.45, 2.75) is 19.8 Å². The predicted octanol–water partition coefficient (Wildman–Crippen LogP) is 3.86. The summed E-state index contributed by atoms with van der Waals surface area (Å²) in [7, 11) is 0. The van der Waals surface area contributed by atoms with E-state index < -0.39 is 0 Å². The number of halogens is 1. The lowest BCUT2D eigenvalue weighted by Crippen LogP contribution is -2.19. The van der Waals surface area contributed by atoms with Gasteiger partial charge in [0, 0.05) is 22.8 Å². The van der Waals surface area contributed by atoms with Crippen molar-refractivity contribution < 1.29 is 4.79 Å². The smallest absolute Gasteiger partial charge is 0.224 e. The van der Waals surface area contributed by atoms with Crippen LogP contribution >= 0.6 is 11.6 Å². The van der Waals surface area contributed by atoms with Crippen molar-refractivity contribution in [3.8, 4) is 0 Å². The first-order chi connectivity index (χ1) is 10.0. The zero-order valence-corrected chi connectivity index (χ0v) is 12.4. The summed E-state index contributed by atoms with van der Waals surface area (Å²) < 4.78 is 0. The second-order valence-electron chi connectivity index (χ2n) is 5.18. The molecule has 0 atom stereocenters. The van der Waals surface area contributed by atoms with Gasteiger partial charge in [0.2, 0.25) is 5.91 Å². The fourth-order valence-electron chi connectivity index (χ4n) is 2.44. The number of nitrogens with one attached hydrogen (secondary N) is 2. The third-order valence-electron chi connectivity index (χ3n) is 3.71. The quantitative estimate of drug-likeness (QED) is 0.738. The van der Waals surface area contributed by atoms with Crippen molar-refractivity contribution in [2.75, 3.05) is 16.4 Å². The van der Waals surface area contributed by atoms with E-state index in [1.807, 2.05) is 31.2 Å². The highest BCUT2D eigenvalue weighted by Gasteiger charge is 2.17. The van der Waals surface area contributed by atoms with Crippen LogP contribution in [0.3, 0.4) is 0 Å². The van der Waals surface area contributed by atoms with E-state index in [1.165, 1.54) is 0 Å². The lowest BCUT2D eigenvalue weighted by atomic mass is 10.0. The number of nitrogen functional groups attached to an aromatic ring is 1. The number of rotatable bonds is 2.